The van der Waals surface area contributed by atoms with Crippen molar-refractivity contribution < 1.29 is 0 Å². The fourth-order valence-electron chi connectivity index (χ4n) is 3.47. The standard InChI is InChI=1S/C19H31N/c1-13(2)20-14(3)15-8-9-16-17(12-15)19(6,7)11-10-18(16,4)5/h8-9,12-14,20H,10-11H2,1-7H3/t14-/m1/s1. The minimum atomic E-state index is 0.304. The second kappa shape index (κ2) is 5.18. The number of hydrogen-bond acceptors (Lipinski definition) is 1. The van der Waals surface area contributed by atoms with Crippen LogP contribution < -0.4 is 5.32 Å². The first kappa shape index (κ1) is 15.6. The molecule has 2 rings (SSSR count). The summed E-state index contributed by atoms with van der Waals surface area (Å²) in [6.07, 6.45) is 2.56. The average molecular weight is 273 g/mol. The van der Waals surface area contributed by atoms with Crippen molar-refractivity contribution in [1.82, 2.24) is 5.32 Å². The van der Waals surface area contributed by atoms with Crippen molar-refractivity contribution in [3.8, 4) is 0 Å². The van der Waals surface area contributed by atoms with Gasteiger partial charge in [0.1, 0.15) is 0 Å². The summed E-state index contributed by atoms with van der Waals surface area (Å²) in [5, 5.41) is 3.61. The van der Waals surface area contributed by atoms with Crippen LogP contribution in [-0.2, 0) is 10.8 Å². The maximum absolute atomic E-state index is 3.61. The highest BCUT2D eigenvalue weighted by molar-refractivity contribution is 5.44. The molecule has 0 spiro atoms. The molecule has 1 atom stereocenters. The smallest absolute Gasteiger partial charge is 0.0294 e. The molecular weight excluding hydrogens is 242 g/mol. The monoisotopic (exact) mass is 273 g/mol. The number of hydrogen-bond donors (Lipinski definition) is 1. The van der Waals surface area contributed by atoms with E-state index in [4.69, 9.17) is 0 Å². The minimum absolute atomic E-state index is 0.304. The highest BCUT2D eigenvalue weighted by Crippen LogP contribution is 2.46. The summed E-state index contributed by atoms with van der Waals surface area (Å²) in [7, 11) is 0. The molecule has 0 saturated heterocycles. The van der Waals surface area contributed by atoms with Crippen LogP contribution >= 0.6 is 0 Å². The van der Waals surface area contributed by atoms with Crippen molar-refractivity contribution in [2.45, 2.75) is 84.2 Å². The second-order valence-corrected chi connectivity index (χ2v) is 8.12. The van der Waals surface area contributed by atoms with Crippen molar-refractivity contribution in [3.05, 3.63) is 34.9 Å². The Morgan fingerprint density at radius 2 is 1.45 bits per heavy atom. The SMILES string of the molecule is CC(C)N[C@H](C)c1ccc2c(c1)C(C)(C)CCC2(C)C. The van der Waals surface area contributed by atoms with Gasteiger partial charge < -0.3 is 5.32 Å². The Kier molecular flexibility index (Phi) is 4.03. The van der Waals surface area contributed by atoms with Gasteiger partial charge in [0.25, 0.3) is 0 Å². The first-order valence-electron chi connectivity index (χ1n) is 8.04. The number of benzene rings is 1. The number of nitrogens with one attached hydrogen (secondary N) is 1. The zero-order chi connectivity index (χ0) is 15.1. The van der Waals surface area contributed by atoms with Crippen molar-refractivity contribution in [3.63, 3.8) is 0 Å². The van der Waals surface area contributed by atoms with E-state index in [1.165, 1.54) is 18.4 Å². The van der Waals surface area contributed by atoms with Gasteiger partial charge in [-0.05, 0) is 47.3 Å². The molecule has 0 unspecified atom stereocenters. The Morgan fingerprint density at radius 1 is 0.900 bits per heavy atom. The lowest BCUT2D eigenvalue weighted by Gasteiger charge is -2.42. The van der Waals surface area contributed by atoms with Crippen molar-refractivity contribution in [2.75, 3.05) is 0 Å². The Hall–Kier alpha value is -0.820. The van der Waals surface area contributed by atoms with Crippen LogP contribution in [0.2, 0.25) is 0 Å². The van der Waals surface area contributed by atoms with Crippen LogP contribution in [-0.4, -0.2) is 6.04 Å². The van der Waals surface area contributed by atoms with Gasteiger partial charge in [-0.25, -0.2) is 0 Å². The maximum Gasteiger partial charge on any atom is 0.0294 e. The molecule has 0 fully saturated rings. The molecular formula is C19H31N. The van der Waals surface area contributed by atoms with E-state index in [1.54, 1.807) is 11.1 Å². The number of fused-ring (bicyclic) bond motifs is 1. The van der Waals surface area contributed by atoms with Crippen molar-refractivity contribution in [2.24, 2.45) is 0 Å². The molecule has 0 amide bonds. The Balaban J connectivity index is 2.43. The summed E-state index contributed by atoms with van der Waals surface area (Å²) in [6.45, 7) is 16.2. The maximum atomic E-state index is 3.61. The van der Waals surface area contributed by atoms with E-state index in [9.17, 15) is 0 Å². The van der Waals surface area contributed by atoms with E-state index >= 15 is 0 Å². The molecule has 0 aromatic heterocycles. The molecule has 0 radical (unpaired) electrons. The third-order valence-corrected chi connectivity index (χ3v) is 4.96. The largest absolute Gasteiger partial charge is 0.308 e. The van der Waals surface area contributed by atoms with Gasteiger partial charge in [-0.15, -0.1) is 0 Å². The van der Waals surface area contributed by atoms with Gasteiger partial charge in [-0.3, -0.25) is 0 Å². The van der Waals surface area contributed by atoms with E-state index in [1.807, 2.05) is 0 Å². The van der Waals surface area contributed by atoms with E-state index in [0.717, 1.165) is 0 Å². The van der Waals surface area contributed by atoms with Gasteiger partial charge >= 0.3 is 0 Å². The van der Waals surface area contributed by atoms with Crippen molar-refractivity contribution >= 4 is 0 Å². The first-order valence-corrected chi connectivity index (χ1v) is 8.04. The van der Waals surface area contributed by atoms with Crippen LogP contribution in [0, 0.1) is 0 Å². The molecule has 0 saturated carbocycles. The fourth-order valence-corrected chi connectivity index (χ4v) is 3.47. The van der Waals surface area contributed by atoms with Gasteiger partial charge in [0.2, 0.25) is 0 Å². The summed E-state index contributed by atoms with van der Waals surface area (Å²) < 4.78 is 0. The fraction of sp³-hybridized carbons (Fsp3) is 0.684. The highest BCUT2D eigenvalue weighted by Gasteiger charge is 2.37. The van der Waals surface area contributed by atoms with Gasteiger partial charge in [0, 0.05) is 12.1 Å². The summed E-state index contributed by atoms with van der Waals surface area (Å²) in [6, 6.07) is 8.09. The topological polar surface area (TPSA) is 12.0 Å². The predicted molar refractivity (Wildman–Crippen MR) is 88.4 cm³/mol. The zero-order valence-electron chi connectivity index (χ0n) is 14.3. The molecule has 1 aromatic carbocycles. The van der Waals surface area contributed by atoms with Crippen LogP contribution in [0.5, 0.6) is 0 Å². The second-order valence-electron chi connectivity index (χ2n) is 8.12. The zero-order valence-corrected chi connectivity index (χ0v) is 14.3. The Morgan fingerprint density at radius 3 is 2.00 bits per heavy atom. The quantitative estimate of drug-likeness (QED) is 0.808. The summed E-state index contributed by atoms with van der Waals surface area (Å²) in [4.78, 5) is 0. The van der Waals surface area contributed by atoms with Gasteiger partial charge in [-0.1, -0.05) is 59.7 Å². The van der Waals surface area contributed by atoms with E-state index < -0.39 is 0 Å². The lowest BCUT2D eigenvalue weighted by Crippen LogP contribution is -2.34. The van der Waals surface area contributed by atoms with E-state index in [2.05, 4.69) is 72.0 Å². The van der Waals surface area contributed by atoms with Crippen LogP contribution in [0.4, 0.5) is 0 Å². The Bertz CT molecular complexity index is 483. The average Bonchev–Trinajstić information content (AvgIpc) is 2.34. The molecule has 0 heterocycles. The molecule has 1 aromatic rings. The van der Waals surface area contributed by atoms with E-state index in [0.29, 0.717) is 22.9 Å². The predicted octanol–water partition coefficient (Wildman–Crippen LogP) is 5.09. The van der Waals surface area contributed by atoms with Gasteiger partial charge in [0.05, 0.1) is 0 Å². The molecule has 1 aliphatic rings. The third-order valence-electron chi connectivity index (χ3n) is 4.96. The minimum Gasteiger partial charge on any atom is -0.308 e. The molecule has 0 bridgehead atoms. The molecule has 20 heavy (non-hydrogen) atoms. The Labute approximate surface area is 125 Å². The molecule has 1 nitrogen and oxygen atoms in total. The first-order chi connectivity index (χ1) is 9.13. The van der Waals surface area contributed by atoms with Crippen LogP contribution in [0.15, 0.2) is 18.2 Å². The van der Waals surface area contributed by atoms with Crippen molar-refractivity contribution in [1.29, 1.82) is 0 Å². The van der Waals surface area contributed by atoms with Crippen LogP contribution in [0.3, 0.4) is 0 Å². The van der Waals surface area contributed by atoms with E-state index in [-0.39, 0.29) is 0 Å². The summed E-state index contributed by atoms with van der Waals surface area (Å²) >= 11 is 0. The molecule has 1 heteroatoms. The van der Waals surface area contributed by atoms with Gasteiger partial charge in [-0.2, -0.15) is 0 Å². The molecule has 0 aliphatic heterocycles. The lowest BCUT2D eigenvalue weighted by atomic mass is 9.63. The van der Waals surface area contributed by atoms with Gasteiger partial charge in [0.15, 0.2) is 0 Å². The number of rotatable bonds is 3. The lowest BCUT2D eigenvalue weighted by molar-refractivity contribution is 0.331. The summed E-state index contributed by atoms with van der Waals surface area (Å²) in [5.41, 5.74) is 5.15. The highest BCUT2D eigenvalue weighted by atomic mass is 14.9. The molecule has 1 N–H and O–H groups in total. The molecule has 1 aliphatic carbocycles. The normalized spacial score (nSPS) is 21.6. The summed E-state index contributed by atoms with van der Waals surface area (Å²) in [5.74, 6) is 0. The molecule has 112 valence electrons. The van der Waals surface area contributed by atoms with Crippen LogP contribution in [0.1, 0.15) is 84.0 Å². The van der Waals surface area contributed by atoms with Crippen LogP contribution in [0.25, 0.3) is 0 Å². The third kappa shape index (κ3) is 2.93.